The zero-order chi connectivity index (χ0) is 12.0. The van der Waals surface area contributed by atoms with Crippen molar-refractivity contribution in [2.45, 2.75) is 25.2 Å². The second-order valence-corrected chi connectivity index (χ2v) is 5.04. The summed E-state index contributed by atoms with van der Waals surface area (Å²) in [5.41, 5.74) is 2.80. The second kappa shape index (κ2) is 3.42. The van der Waals surface area contributed by atoms with Gasteiger partial charge < -0.3 is 14.5 Å². The maximum Gasteiger partial charge on any atom is 0.162 e. The van der Waals surface area contributed by atoms with Crippen molar-refractivity contribution in [1.82, 2.24) is 4.98 Å². The van der Waals surface area contributed by atoms with Gasteiger partial charge >= 0.3 is 0 Å². The fourth-order valence-corrected chi connectivity index (χ4v) is 2.24. The van der Waals surface area contributed by atoms with Crippen molar-refractivity contribution in [2.24, 2.45) is 0 Å². The Morgan fingerprint density at radius 1 is 1.06 bits per heavy atom. The largest absolute Gasteiger partial charge is 0.493 e. The van der Waals surface area contributed by atoms with E-state index in [1.165, 1.54) is 23.9 Å². The van der Waals surface area contributed by atoms with Gasteiger partial charge in [0.25, 0.3) is 0 Å². The van der Waals surface area contributed by atoms with E-state index in [9.17, 15) is 0 Å². The van der Waals surface area contributed by atoms with Gasteiger partial charge in [0, 0.05) is 28.1 Å². The minimum atomic E-state index is 0.361. The first-order valence-electron chi connectivity index (χ1n) is 5.91. The first kappa shape index (κ1) is 10.5. The van der Waals surface area contributed by atoms with Crippen LogP contribution in [0.4, 0.5) is 0 Å². The molecular formula is C14H17NO2. The highest BCUT2D eigenvalue weighted by atomic mass is 16.5. The molecule has 2 aromatic rings. The van der Waals surface area contributed by atoms with E-state index in [2.05, 4.69) is 18.0 Å². The number of hydrogen-bond acceptors (Lipinski definition) is 2. The van der Waals surface area contributed by atoms with E-state index in [0.29, 0.717) is 5.41 Å². The third kappa shape index (κ3) is 1.57. The maximum atomic E-state index is 5.32. The molecule has 0 atom stereocenters. The molecule has 17 heavy (non-hydrogen) atoms. The smallest absolute Gasteiger partial charge is 0.162 e. The van der Waals surface area contributed by atoms with Gasteiger partial charge in [-0.05, 0) is 25.0 Å². The summed E-state index contributed by atoms with van der Waals surface area (Å²) in [6, 6.07) is 6.26. The first-order chi connectivity index (χ1) is 8.16. The first-order valence-corrected chi connectivity index (χ1v) is 5.91. The van der Waals surface area contributed by atoms with Crippen molar-refractivity contribution in [3.63, 3.8) is 0 Å². The third-order valence-corrected chi connectivity index (χ3v) is 3.78. The van der Waals surface area contributed by atoms with E-state index in [-0.39, 0.29) is 0 Å². The third-order valence-electron chi connectivity index (χ3n) is 3.78. The molecule has 0 unspecified atom stereocenters. The lowest BCUT2D eigenvalue weighted by molar-refractivity contribution is 0.356. The molecule has 0 aliphatic heterocycles. The number of aromatic amines is 1. The summed E-state index contributed by atoms with van der Waals surface area (Å²) in [4.78, 5) is 3.49. The molecule has 90 valence electrons. The summed E-state index contributed by atoms with van der Waals surface area (Å²) < 4.78 is 10.6. The quantitative estimate of drug-likeness (QED) is 0.880. The fourth-order valence-electron chi connectivity index (χ4n) is 2.24. The molecule has 3 nitrogen and oxygen atoms in total. The molecule has 3 heteroatoms. The Kier molecular flexibility index (Phi) is 2.12. The predicted octanol–water partition coefficient (Wildman–Crippen LogP) is 3.24. The molecule has 1 aromatic carbocycles. The van der Waals surface area contributed by atoms with Gasteiger partial charge in [0.1, 0.15) is 0 Å². The second-order valence-electron chi connectivity index (χ2n) is 5.04. The van der Waals surface area contributed by atoms with Crippen molar-refractivity contribution in [1.29, 1.82) is 0 Å². The van der Waals surface area contributed by atoms with Crippen LogP contribution in [0.2, 0.25) is 0 Å². The number of benzene rings is 1. The van der Waals surface area contributed by atoms with E-state index < -0.39 is 0 Å². The summed E-state index contributed by atoms with van der Waals surface area (Å²) in [5.74, 6) is 1.56. The lowest BCUT2D eigenvalue weighted by Crippen LogP contribution is -1.98. The highest BCUT2D eigenvalue weighted by Gasteiger charge is 2.40. The molecule has 1 heterocycles. The van der Waals surface area contributed by atoms with Gasteiger partial charge in [0.05, 0.1) is 14.2 Å². The molecule has 0 amide bonds. The number of H-pyrrole nitrogens is 1. The van der Waals surface area contributed by atoms with Crippen LogP contribution in [-0.4, -0.2) is 19.2 Å². The SMILES string of the molecule is COc1cc2cc(C3(C)CC3)[nH]c2cc1OC. The summed E-state index contributed by atoms with van der Waals surface area (Å²) in [6.45, 7) is 2.30. The van der Waals surface area contributed by atoms with E-state index in [4.69, 9.17) is 9.47 Å². The van der Waals surface area contributed by atoms with Gasteiger partial charge in [-0.2, -0.15) is 0 Å². The monoisotopic (exact) mass is 231 g/mol. The molecular weight excluding hydrogens is 214 g/mol. The summed E-state index contributed by atoms with van der Waals surface area (Å²) in [5, 5.41) is 1.19. The van der Waals surface area contributed by atoms with Crippen LogP contribution in [0.5, 0.6) is 11.5 Å². The molecule has 0 bridgehead atoms. The van der Waals surface area contributed by atoms with Crippen molar-refractivity contribution in [3.05, 3.63) is 23.9 Å². The van der Waals surface area contributed by atoms with Crippen LogP contribution in [0.25, 0.3) is 10.9 Å². The fraction of sp³-hybridized carbons (Fsp3) is 0.429. The molecule has 1 aromatic heterocycles. The number of fused-ring (bicyclic) bond motifs is 1. The van der Waals surface area contributed by atoms with Gasteiger partial charge in [-0.3, -0.25) is 0 Å². The number of hydrogen-bond donors (Lipinski definition) is 1. The topological polar surface area (TPSA) is 34.2 Å². The molecule has 3 rings (SSSR count). The lowest BCUT2D eigenvalue weighted by atomic mass is 10.1. The lowest BCUT2D eigenvalue weighted by Gasteiger charge is -2.06. The summed E-state index contributed by atoms with van der Waals surface area (Å²) in [6.07, 6.45) is 2.54. The van der Waals surface area contributed by atoms with Gasteiger partial charge in [0.2, 0.25) is 0 Å². The normalized spacial score (nSPS) is 17.1. The Bertz CT molecular complexity index is 526. The summed E-state index contributed by atoms with van der Waals surface area (Å²) >= 11 is 0. The minimum Gasteiger partial charge on any atom is -0.493 e. The molecule has 1 saturated carbocycles. The number of ether oxygens (including phenoxy) is 2. The van der Waals surface area contributed by atoms with Gasteiger partial charge in [-0.15, -0.1) is 0 Å². The van der Waals surface area contributed by atoms with Crippen molar-refractivity contribution in [2.75, 3.05) is 14.2 Å². The van der Waals surface area contributed by atoms with Crippen LogP contribution < -0.4 is 9.47 Å². The number of nitrogens with one attached hydrogen (secondary N) is 1. The molecule has 1 fully saturated rings. The average molecular weight is 231 g/mol. The predicted molar refractivity (Wildman–Crippen MR) is 68.0 cm³/mol. The molecule has 0 radical (unpaired) electrons. The van der Waals surface area contributed by atoms with Crippen LogP contribution in [0, 0.1) is 0 Å². The Labute approximate surface area is 101 Å². The molecule has 1 aliphatic carbocycles. The standard InChI is InChI=1S/C14H17NO2/c1-14(4-5-14)13-7-9-6-11(16-2)12(17-3)8-10(9)15-13/h6-8,15H,4-5H2,1-3H3. The number of rotatable bonds is 3. The maximum absolute atomic E-state index is 5.32. The Morgan fingerprint density at radius 3 is 2.29 bits per heavy atom. The van der Waals surface area contributed by atoms with E-state index >= 15 is 0 Å². The van der Waals surface area contributed by atoms with Crippen LogP contribution >= 0.6 is 0 Å². The van der Waals surface area contributed by atoms with Crippen molar-refractivity contribution in [3.8, 4) is 11.5 Å². The molecule has 1 N–H and O–H groups in total. The van der Waals surface area contributed by atoms with Crippen LogP contribution in [-0.2, 0) is 5.41 Å². The highest BCUT2D eigenvalue weighted by molar-refractivity contribution is 5.84. The number of aromatic nitrogens is 1. The van der Waals surface area contributed by atoms with Gasteiger partial charge in [0.15, 0.2) is 11.5 Å². The van der Waals surface area contributed by atoms with E-state index in [0.717, 1.165) is 17.0 Å². The minimum absolute atomic E-state index is 0.361. The van der Waals surface area contributed by atoms with Crippen LogP contribution in [0.3, 0.4) is 0 Å². The van der Waals surface area contributed by atoms with E-state index in [1.807, 2.05) is 12.1 Å². The Hall–Kier alpha value is -1.64. The Balaban J connectivity index is 2.15. The van der Waals surface area contributed by atoms with Gasteiger partial charge in [-0.25, -0.2) is 0 Å². The molecule has 1 aliphatic rings. The molecule has 0 spiro atoms. The summed E-state index contributed by atoms with van der Waals surface area (Å²) in [7, 11) is 3.33. The van der Waals surface area contributed by atoms with E-state index in [1.54, 1.807) is 14.2 Å². The van der Waals surface area contributed by atoms with Gasteiger partial charge in [-0.1, -0.05) is 6.92 Å². The highest BCUT2D eigenvalue weighted by Crippen LogP contribution is 2.48. The number of methoxy groups -OCH3 is 2. The van der Waals surface area contributed by atoms with Crippen molar-refractivity contribution >= 4 is 10.9 Å². The zero-order valence-corrected chi connectivity index (χ0v) is 10.5. The molecule has 0 saturated heterocycles. The van der Waals surface area contributed by atoms with Crippen molar-refractivity contribution < 1.29 is 9.47 Å². The van der Waals surface area contributed by atoms with Crippen LogP contribution in [0.1, 0.15) is 25.5 Å². The average Bonchev–Trinajstić information content (AvgIpc) is 2.94. The Morgan fingerprint density at radius 2 is 1.71 bits per heavy atom. The zero-order valence-electron chi connectivity index (χ0n) is 10.5. The van der Waals surface area contributed by atoms with Crippen LogP contribution in [0.15, 0.2) is 18.2 Å².